The molecule has 0 amide bonds. The molecule has 15 heavy (non-hydrogen) atoms. The van der Waals surface area contributed by atoms with Gasteiger partial charge in [-0.1, -0.05) is 0 Å². The maximum absolute atomic E-state index is 11.9. The minimum absolute atomic E-state index is 0.0360. The number of pyridine rings is 1. The Morgan fingerprint density at radius 2 is 2.07 bits per heavy atom. The van der Waals surface area contributed by atoms with Crippen LogP contribution in [-0.4, -0.2) is 22.9 Å². The van der Waals surface area contributed by atoms with Crippen LogP contribution in [0.5, 0.6) is 5.75 Å². The summed E-state index contributed by atoms with van der Waals surface area (Å²) in [7, 11) is 1.56. The average molecular weight is 208 g/mol. The molecule has 0 spiro atoms. The maximum Gasteiger partial charge on any atom is 0.263 e. The molecule has 0 saturated carbocycles. The van der Waals surface area contributed by atoms with Crippen molar-refractivity contribution < 1.29 is 5.11 Å². The molecule has 0 atom stereocenters. The van der Waals surface area contributed by atoms with Crippen LogP contribution in [0.2, 0.25) is 0 Å². The number of aliphatic imine (C=N–C) groups is 1. The van der Waals surface area contributed by atoms with Crippen LogP contribution in [-0.2, 0) is 5.54 Å². The van der Waals surface area contributed by atoms with Crippen molar-refractivity contribution in [3.05, 3.63) is 28.2 Å². The van der Waals surface area contributed by atoms with Gasteiger partial charge in [0.25, 0.3) is 5.56 Å². The molecule has 0 aromatic carbocycles. The van der Waals surface area contributed by atoms with Gasteiger partial charge in [0, 0.05) is 25.0 Å². The summed E-state index contributed by atoms with van der Waals surface area (Å²) in [5, 5.41) is 9.51. The first-order valence-electron chi connectivity index (χ1n) is 4.75. The minimum Gasteiger partial charge on any atom is -0.507 e. The van der Waals surface area contributed by atoms with Crippen molar-refractivity contribution in [3.63, 3.8) is 0 Å². The van der Waals surface area contributed by atoms with Gasteiger partial charge in [0.05, 0.1) is 5.56 Å². The lowest BCUT2D eigenvalue weighted by Gasteiger charge is -2.22. The van der Waals surface area contributed by atoms with E-state index in [1.807, 2.05) is 20.8 Å². The number of aromatic hydroxyl groups is 1. The Morgan fingerprint density at radius 1 is 1.47 bits per heavy atom. The quantitative estimate of drug-likeness (QED) is 0.708. The fourth-order valence-corrected chi connectivity index (χ4v) is 1.32. The number of hydrogen-bond donors (Lipinski definition) is 1. The third-order valence-corrected chi connectivity index (χ3v) is 2.09. The summed E-state index contributed by atoms with van der Waals surface area (Å²) in [6, 6.07) is 1.50. The predicted molar refractivity (Wildman–Crippen MR) is 60.9 cm³/mol. The summed E-state index contributed by atoms with van der Waals surface area (Å²) in [4.78, 5) is 15.7. The Bertz CT molecular complexity index is 439. The number of aromatic nitrogens is 1. The second-order valence-electron chi connectivity index (χ2n) is 4.35. The van der Waals surface area contributed by atoms with Crippen molar-refractivity contribution >= 4 is 6.21 Å². The normalized spacial score (nSPS) is 12.3. The van der Waals surface area contributed by atoms with Crippen LogP contribution in [0.3, 0.4) is 0 Å². The van der Waals surface area contributed by atoms with E-state index in [2.05, 4.69) is 4.99 Å². The first-order chi connectivity index (χ1) is 6.88. The smallest absolute Gasteiger partial charge is 0.263 e. The van der Waals surface area contributed by atoms with E-state index < -0.39 is 0 Å². The van der Waals surface area contributed by atoms with Gasteiger partial charge in [-0.2, -0.15) is 0 Å². The zero-order valence-corrected chi connectivity index (χ0v) is 9.48. The van der Waals surface area contributed by atoms with Gasteiger partial charge in [0.15, 0.2) is 0 Å². The zero-order valence-electron chi connectivity index (χ0n) is 9.48. The molecule has 0 fully saturated rings. The Balaban J connectivity index is 3.49. The van der Waals surface area contributed by atoms with E-state index in [1.165, 1.54) is 12.3 Å². The van der Waals surface area contributed by atoms with Gasteiger partial charge in [-0.25, -0.2) is 0 Å². The lowest BCUT2D eigenvalue weighted by atomic mass is 10.1. The van der Waals surface area contributed by atoms with Crippen LogP contribution >= 0.6 is 0 Å². The molecule has 0 aliphatic carbocycles. The largest absolute Gasteiger partial charge is 0.507 e. The van der Waals surface area contributed by atoms with E-state index in [1.54, 1.807) is 17.8 Å². The molecule has 0 aliphatic heterocycles. The summed E-state index contributed by atoms with van der Waals surface area (Å²) >= 11 is 0. The summed E-state index contributed by atoms with van der Waals surface area (Å²) in [5.41, 5.74) is -0.302. The minimum atomic E-state index is -0.304. The van der Waals surface area contributed by atoms with Gasteiger partial charge >= 0.3 is 0 Å². The van der Waals surface area contributed by atoms with Crippen LogP contribution in [0.15, 0.2) is 22.1 Å². The van der Waals surface area contributed by atoms with Crippen LogP contribution in [0.4, 0.5) is 0 Å². The molecule has 4 nitrogen and oxygen atoms in total. The van der Waals surface area contributed by atoms with E-state index in [4.69, 9.17) is 0 Å². The first-order valence-corrected chi connectivity index (χ1v) is 4.75. The van der Waals surface area contributed by atoms with Crippen molar-refractivity contribution in [1.29, 1.82) is 0 Å². The highest BCUT2D eigenvalue weighted by atomic mass is 16.3. The highest BCUT2D eigenvalue weighted by Crippen LogP contribution is 2.15. The Labute approximate surface area is 88.9 Å². The summed E-state index contributed by atoms with van der Waals surface area (Å²) in [6.45, 7) is 5.79. The molecule has 1 rings (SSSR count). The van der Waals surface area contributed by atoms with Gasteiger partial charge in [-0.3, -0.25) is 9.79 Å². The highest BCUT2D eigenvalue weighted by Gasteiger charge is 2.17. The molecular formula is C11H16N2O2. The number of nitrogens with zero attached hydrogens (tertiary/aromatic N) is 2. The SMILES string of the molecule is C/N=C/c1c(O)ccn(C(C)(C)C)c1=O. The van der Waals surface area contributed by atoms with Crippen LogP contribution in [0, 0.1) is 0 Å². The number of hydrogen-bond acceptors (Lipinski definition) is 3. The van der Waals surface area contributed by atoms with Gasteiger partial charge in [0.2, 0.25) is 0 Å². The van der Waals surface area contributed by atoms with Crippen molar-refractivity contribution in [1.82, 2.24) is 4.57 Å². The topological polar surface area (TPSA) is 54.6 Å². The summed E-state index contributed by atoms with van der Waals surface area (Å²) < 4.78 is 1.57. The van der Waals surface area contributed by atoms with Gasteiger partial charge < -0.3 is 9.67 Å². The van der Waals surface area contributed by atoms with Crippen molar-refractivity contribution in [3.8, 4) is 5.75 Å². The van der Waals surface area contributed by atoms with Crippen LogP contribution in [0.25, 0.3) is 0 Å². The Hall–Kier alpha value is -1.58. The van der Waals surface area contributed by atoms with Crippen LogP contribution in [0.1, 0.15) is 26.3 Å². The highest BCUT2D eigenvalue weighted by molar-refractivity contribution is 5.82. The lowest BCUT2D eigenvalue weighted by Crippen LogP contribution is -2.34. The standard InChI is InChI=1S/C11H16N2O2/c1-11(2,3)13-6-5-9(14)8(7-12-4)10(13)15/h5-7,14H,1-4H3/b12-7+. The summed E-state index contributed by atoms with van der Waals surface area (Å²) in [5.74, 6) is -0.0360. The van der Waals surface area contributed by atoms with E-state index in [0.717, 1.165) is 0 Å². The van der Waals surface area contributed by atoms with Gasteiger partial charge in [-0.15, -0.1) is 0 Å². The Morgan fingerprint density at radius 3 is 2.53 bits per heavy atom. The van der Waals surface area contributed by atoms with Crippen molar-refractivity contribution in [2.24, 2.45) is 4.99 Å². The summed E-state index contributed by atoms with van der Waals surface area (Å²) in [6.07, 6.45) is 2.96. The van der Waals surface area contributed by atoms with E-state index in [9.17, 15) is 9.90 Å². The van der Waals surface area contributed by atoms with E-state index in [-0.39, 0.29) is 22.4 Å². The molecule has 1 aromatic rings. The fraction of sp³-hybridized carbons (Fsp3) is 0.455. The third kappa shape index (κ3) is 2.26. The molecule has 0 radical (unpaired) electrons. The van der Waals surface area contributed by atoms with Crippen molar-refractivity contribution in [2.45, 2.75) is 26.3 Å². The monoisotopic (exact) mass is 208 g/mol. The molecule has 0 bridgehead atoms. The van der Waals surface area contributed by atoms with Gasteiger partial charge in [0.1, 0.15) is 5.75 Å². The molecular weight excluding hydrogens is 192 g/mol. The molecule has 1 N–H and O–H groups in total. The lowest BCUT2D eigenvalue weighted by molar-refractivity contribution is 0.379. The third-order valence-electron chi connectivity index (χ3n) is 2.09. The first kappa shape index (κ1) is 11.5. The van der Waals surface area contributed by atoms with Crippen molar-refractivity contribution in [2.75, 3.05) is 7.05 Å². The molecule has 82 valence electrons. The maximum atomic E-state index is 11.9. The average Bonchev–Trinajstić information content (AvgIpc) is 2.09. The molecule has 1 heterocycles. The molecule has 0 unspecified atom stereocenters. The zero-order chi connectivity index (χ0) is 11.6. The van der Waals surface area contributed by atoms with E-state index >= 15 is 0 Å². The second kappa shape index (κ2) is 3.88. The molecule has 1 aromatic heterocycles. The molecule has 0 saturated heterocycles. The predicted octanol–water partition coefficient (Wildman–Crippen LogP) is 1.36. The van der Waals surface area contributed by atoms with Crippen LogP contribution < -0.4 is 5.56 Å². The van der Waals surface area contributed by atoms with Gasteiger partial charge in [-0.05, 0) is 26.8 Å². The number of rotatable bonds is 1. The Kier molecular flexibility index (Phi) is 2.98. The molecule has 0 aliphatic rings. The second-order valence-corrected chi connectivity index (χ2v) is 4.35. The fourth-order valence-electron chi connectivity index (χ4n) is 1.32. The molecule has 4 heteroatoms. The van der Waals surface area contributed by atoms with E-state index in [0.29, 0.717) is 0 Å².